The highest BCUT2D eigenvalue weighted by Crippen LogP contribution is 2.39. The molecule has 11 heteroatoms. The summed E-state index contributed by atoms with van der Waals surface area (Å²) < 4.78 is 13.2. The van der Waals surface area contributed by atoms with Crippen LogP contribution < -0.4 is 19.7 Å². The zero-order valence-electron chi connectivity index (χ0n) is 18.5. The average molecular weight is 718 g/mol. The maximum absolute atomic E-state index is 13.3. The molecule has 1 heterocycles. The first-order valence-corrected chi connectivity index (χ1v) is 13.3. The molecular weight excluding hydrogens is 702 g/mol. The Morgan fingerprint density at radius 2 is 1.86 bits per heavy atom. The summed E-state index contributed by atoms with van der Waals surface area (Å²) in [5, 5.41) is 2.83. The first kappa shape index (κ1) is 26.9. The van der Waals surface area contributed by atoms with Gasteiger partial charge in [0.2, 0.25) is 0 Å². The molecule has 0 aliphatic carbocycles. The number of carbonyl (C=O) groups is 2. The largest absolute Gasteiger partial charge is 0.493 e. The van der Waals surface area contributed by atoms with Crippen molar-refractivity contribution in [2.75, 3.05) is 12.0 Å². The summed E-state index contributed by atoms with van der Waals surface area (Å²) in [6.07, 6.45) is 1.45. The number of benzene rings is 3. The van der Waals surface area contributed by atoms with E-state index in [4.69, 9.17) is 44.9 Å². The minimum Gasteiger partial charge on any atom is -0.493 e. The van der Waals surface area contributed by atoms with Gasteiger partial charge >= 0.3 is 0 Å². The third-order valence-electron chi connectivity index (χ3n) is 5.13. The average Bonchev–Trinajstić information content (AvgIpc) is 2.84. The monoisotopic (exact) mass is 716 g/mol. The molecule has 0 spiro atoms. The molecule has 0 saturated carbocycles. The number of ether oxygens (including phenoxy) is 2. The summed E-state index contributed by atoms with van der Waals surface area (Å²) in [6, 6.07) is 16.2. The van der Waals surface area contributed by atoms with Gasteiger partial charge in [-0.1, -0.05) is 41.4 Å². The Hall–Kier alpha value is -2.18. The minimum absolute atomic E-state index is 0.0931. The highest BCUT2D eigenvalue weighted by Gasteiger charge is 2.35. The van der Waals surface area contributed by atoms with E-state index in [1.807, 2.05) is 24.3 Å². The van der Waals surface area contributed by atoms with Gasteiger partial charge in [-0.05, 0) is 104 Å². The molecule has 36 heavy (non-hydrogen) atoms. The predicted octanol–water partition coefficient (Wildman–Crippen LogP) is 6.78. The van der Waals surface area contributed by atoms with E-state index >= 15 is 0 Å². The van der Waals surface area contributed by atoms with Gasteiger partial charge < -0.3 is 9.47 Å². The second kappa shape index (κ2) is 11.5. The number of carbonyl (C=O) groups excluding carboxylic acids is 2. The molecule has 1 saturated heterocycles. The number of amides is 2. The van der Waals surface area contributed by atoms with Crippen LogP contribution in [0.4, 0.5) is 5.69 Å². The summed E-state index contributed by atoms with van der Waals surface area (Å²) in [5.74, 6) is -0.350. The lowest BCUT2D eigenvalue weighted by molar-refractivity contribution is -0.122. The quantitative estimate of drug-likeness (QED) is 0.132. The van der Waals surface area contributed by atoms with Crippen molar-refractivity contribution >= 4 is 103 Å². The highest BCUT2D eigenvalue weighted by atomic mass is 127. The lowest BCUT2D eigenvalue weighted by Crippen LogP contribution is -2.54. The van der Waals surface area contributed by atoms with Gasteiger partial charge in [0.25, 0.3) is 11.8 Å². The fraction of sp³-hybridized carbons (Fsp3) is 0.0800. The maximum atomic E-state index is 13.3. The number of nitrogens with one attached hydrogen (secondary N) is 1. The molecule has 0 radical (unpaired) electrons. The molecule has 0 atom stereocenters. The number of nitrogens with zero attached hydrogens (tertiary/aromatic N) is 1. The molecule has 3 aromatic rings. The molecule has 0 bridgehead atoms. The highest BCUT2D eigenvalue weighted by molar-refractivity contribution is 14.1. The Morgan fingerprint density at radius 1 is 1.14 bits per heavy atom. The number of rotatable bonds is 6. The summed E-state index contributed by atoms with van der Waals surface area (Å²) in [7, 11) is 1.51. The molecule has 1 fully saturated rings. The molecule has 1 aliphatic rings. The van der Waals surface area contributed by atoms with E-state index in [1.54, 1.807) is 30.3 Å². The van der Waals surface area contributed by atoms with Crippen molar-refractivity contribution in [3.63, 3.8) is 0 Å². The Labute approximate surface area is 244 Å². The van der Waals surface area contributed by atoms with Gasteiger partial charge in [-0.2, -0.15) is 0 Å². The van der Waals surface area contributed by atoms with Crippen molar-refractivity contribution < 1.29 is 19.1 Å². The molecular formula is C25H16BrCl2IN2O4S. The van der Waals surface area contributed by atoms with Gasteiger partial charge in [0.15, 0.2) is 16.6 Å². The fourth-order valence-electron chi connectivity index (χ4n) is 3.41. The topological polar surface area (TPSA) is 67.9 Å². The fourth-order valence-corrected chi connectivity index (χ4v) is 5.00. The zero-order valence-corrected chi connectivity index (χ0v) is 24.6. The van der Waals surface area contributed by atoms with Gasteiger partial charge in [-0.3, -0.25) is 19.8 Å². The van der Waals surface area contributed by atoms with E-state index < -0.39 is 11.8 Å². The standard InChI is InChI=1S/C25H16BrCl2IN2O4S/c1-34-20-11-14(10-17(26)22(20)35-12-13-5-7-15(29)8-6-13)9-16-23(32)30-25(36)31(24(16)33)19-4-2-3-18(27)21(19)28/h2-11H,12H2,1H3,(H,30,32,36)/b16-9+. The number of methoxy groups -OCH3 is 1. The number of hydrogen-bond acceptors (Lipinski definition) is 5. The molecule has 0 unspecified atom stereocenters. The van der Waals surface area contributed by atoms with E-state index in [-0.39, 0.29) is 26.4 Å². The van der Waals surface area contributed by atoms with E-state index in [2.05, 4.69) is 43.8 Å². The normalized spacial score (nSPS) is 14.8. The van der Waals surface area contributed by atoms with Crippen LogP contribution in [0.2, 0.25) is 10.0 Å². The van der Waals surface area contributed by atoms with Gasteiger partial charge in [-0.15, -0.1) is 0 Å². The Morgan fingerprint density at radius 3 is 2.56 bits per heavy atom. The Kier molecular flexibility index (Phi) is 8.56. The number of halogens is 4. The Balaban J connectivity index is 1.66. The third kappa shape index (κ3) is 5.70. The maximum Gasteiger partial charge on any atom is 0.270 e. The van der Waals surface area contributed by atoms with Crippen LogP contribution in [0.25, 0.3) is 6.08 Å². The van der Waals surface area contributed by atoms with Gasteiger partial charge in [0.1, 0.15) is 12.2 Å². The van der Waals surface area contributed by atoms with Crippen molar-refractivity contribution in [3.05, 3.63) is 89.4 Å². The second-order valence-corrected chi connectivity index (χ2v) is 10.8. The lowest BCUT2D eigenvalue weighted by Gasteiger charge is -2.29. The number of anilines is 1. The zero-order chi connectivity index (χ0) is 26.0. The number of hydrogen-bond donors (Lipinski definition) is 1. The van der Waals surface area contributed by atoms with Gasteiger partial charge in [0, 0.05) is 3.57 Å². The summed E-state index contributed by atoms with van der Waals surface area (Å²) in [6.45, 7) is 0.333. The molecule has 2 amide bonds. The van der Waals surface area contributed by atoms with Crippen molar-refractivity contribution in [1.29, 1.82) is 0 Å². The lowest BCUT2D eigenvalue weighted by atomic mass is 10.1. The minimum atomic E-state index is -0.637. The van der Waals surface area contributed by atoms with E-state index in [0.717, 1.165) is 14.0 Å². The third-order valence-corrected chi connectivity index (χ3v) is 7.53. The van der Waals surface area contributed by atoms with Crippen molar-refractivity contribution in [2.45, 2.75) is 6.61 Å². The van der Waals surface area contributed by atoms with Gasteiger partial charge in [0.05, 0.1) is 27.3 Å². The summed E-state index contributed by atoms with van der Waals surface area (Å²) >= 11 is 23.4. The van der Waals surface area contributed by atoms with Crippen molar-refractivity contribution in [3.8, 4) is 11.5 Å². The van der Waals surface area contributed by atoms with Crippen molar-refractivity contribution in [1.82, 2.24) is 5.32 Å². The number of thiocarbonyl (C=S) groups is 1. The van der Waals surface area contributed by atoms with E-state index in [9.17, 15) is 9.59 Å². The van der Waals surface area contributed by atoms with Crippen LogP contribution in [0, 0.1) is 3.57 Å². The summed E-state index contributed by atoms with van der Waals surface area (Å²) in [5.41, 5.74) is 1.66. The predicted molar refractivity (Wildman–Crippen MR) is 157 cm³/mol. The Bertz CT molecular complexity index is 1420. The van der Waals surface area contributed by atoms with Gasteiger partial charge in [-0.25, -0.2) is 0 Å². The molecule has 0 aromatic heterocycles. The van der Waals surface area contributed by atoms with Crippen LogP contribution in [0.15, 0.2) is 64.6 Å². The van der Waals surface area contributed by atoms with E-state index in [1.165, 1.54) is 13.2 Å². The summed E-state index contributed by atoms with van der Waals surface area (Å²) in [4.78, 5) is 27.2. The molecule has 3 aromatic carbocycles. The van der Waals surface area contributed by atoms with Crippen LogP contribution in [0.3, 0.4) is 0 Å². The molecule has 184 valence electrons. The molecule has 6 nitrogen and oxygen atoms in total. The smallest absolute Gasteiger partial charge is 0.270 e. The molecule has 4 rings (SSSR count). The first-order chi connectivity index (χ1) is 17.2. The van der Waals surface area contributed by atoms with Crippen LogP contribution in [0.1, 0.15) is 11.1 Å². The van der Waals surface area contributed by atoms with Crippen LogP contribution >= 0.6 is 73.9 Å². The molecule has 1 N–H and O–H groups in total. The van der Waals surface area contributed by atoms with Crippen LogP contribution in [0.5, 0.6) is 11.5 Å². The first-order valence-electron chi connectivity index (χ1n) is 10.3. The molecule has 1 aliphatic heterocycles. The van der Waals surface area contributed by atoms with Crippen molar-refractivity contribution in [2.24, 2.45) is 0 Å². The van der Waals surface area contributed by atoms with Crippen LogP contribution in [-0.2, 0) is 16.2 Å². The second-order valence-electron chi connectivity index (χ2n) is 7.48. The van der Waals surface area contributed by atoms with E-state index in [0.29, 0.717) is 28.1 Å². The SMILES string of the molecule is COc1cc(/C=C2\C(=O)NC(=S)N(c3cccc(Cl)c3Cl)C2=O)cc(Br)c1OCc1ccc(I)cc1. The van der Waals surface area contributed by atoms with Crippen LogP contribution in [-0.4, -0.2) is 24.0 Å².